The van der Waals surface area contributed by atoms with Crippen LogP contribution in [0.2, 0.25) is 0 Å². The molecule has 2 aromatic rings. The highest BCUT2D eigenvalue weighted by molar-refractivity contribution is 5.95. The van der Waals surface area contributed by atoms with Crippen LogP contribution in [0.1, 0.15) is 19.4 Å². The number of hydrogen-bond donors (Lipinski definition) is 3. The second kappa shape index (κ2) is 10.2. The van der Waals surface area contributed by atoms with Crippen molar-refractivity contribution in [2.24, 2.45) is 0 Å². The van der Waals surface area contributed by atoms with Crippen molar-refractivity contribution in [2.75, 3.05) is 17.2 Å². The van der Waals surface area contributed by atoms with Crippen LogP contribution in [0.3, 0.4) is 0 Å². The van der Waals surface area contributed by atoms with Crippen LogP contribution in [0.5, 0.6) is 5.75 Å². The molecule has 0 saturated carbocycles. The molecule has 6 nitrogen and oxygen atoms in total. The van der Waals surface area contributed by atoms with Gasteiger partial charge in [0.05, 0.1) is 18.7 Å². The Bertz CT molecular complexity index is 796. The molecule has 0 heterocycles. The number of nitrogens with one attached hydrogen (secondary N) is 3. The monoisotopic (exact) mass is 391 g/mol. The highest BCUT2D eigenvalue weighted by Gasteiger charge is 2.11. The SMILES string of the molecule is CC(C)NC(=O)Cc1ccc(NCC(=O)Nc2ccccc2OC(F)F)cc1. The first-order valence-electron chi connectivity index (χ1n) is 8.79. The summed E-state index contributed by atoms with van der Waals surface area (Å²) < 4.78 is 29.2. The number of ether oxygens (including phenoxy) is 1. The average Bonchev–Trinajstić information content (AvgIpc) is 2.61. The maximum atomic E-state index is 12.4. The Kier molecular flexibility index (Phi) is 7.74. The normalized spacial score (nSPS) is 10.6. The first-order chi connectivity index (χ1) is 13.3. The van der Waals surface area contributed by atoms with Gasteiger partial charge < -0.3 is 20.7 Å². The lowest BCUT2D eigenvalue weighted by molar-refractivity contribution is -0.121. The minimum atomic E-state index is -2.97. The van der Waals surface area contributed by atoms with Crippen molar-refractivity contribution in [1.82, 2.24) is 5.32 Å². The summed E-state index contributed by atoms with van der Waals surface area (Å²) in [6.45, 7) is 0.760. The molecule has 0 aliphatic heterocycles. The van der Waals surface area contributed by atoms with E-state index in [0.717, 1.165) is 5.56 Å². The van der Waals surface area contributed by atoms with Crippen molar-refractivity contribution in [3.05, 3.63) is 54.1 Å². The maximum absolute atomic E-state index is 12.4. The van der Waals surface area contributed by atoms with E-state index >= 15 is 0 Å². The molecule has 0 bridgehead atoms. The van der Waals surface area contributed by atoms with Crippen LogP contribution in [-0.2, 0) is 16.0 Å². The van der Waals surface area contributed by atoms with Crippen LogP contribution < -0.4 is 20.7 Å². The third-order valence-corrected chi connectivity index (χ3v) is 3.60. The number of benzene rings is 2. The smallest absolute Gasteiger partial charge is 0.387 e. The van der Waals surface area contributed by atoms with E-state index in [9.17, 15) is 18.4 Å². The van der Waals surface area contributed by atoms with Gasteiger partial charge >= 0.3 is 6.61 Å². The van der Waals surface area contributed by atoms with E-state index in [2.05, 4.69) is 20.7 Å². The molecular formula is C20H23F2N3O3. The summed E-state index contributed by atoms with van der Waals surface area (Å²) in [5.74, 6) is -0.569. The van der Waals surface area contributed by atoms with Crippen molar-refractivity contribution < 1.29 is 23.1 Å². The highest BCUT2D eigenvalue weighted by Crippen LogP contribution is 2.25. The first kappa shape index (κ1) is 21.1. The average molecular weight is 391 g/mol. The van der Waals surface area contributed by atoms with Crippen LogP contribution in [-0.4, -0.2) is 31.0 Å². The summed E-state index contributed by atoms with van der Waals surface area (Å²) in [6.07, 6.45) is 0.278. The van der Waals surface area contributed by atoms with E-state index in [1.54, 1.807) is 30.3 Å². The molecule has 28 heavy (non-hydrogen) atoms. The molecule has 0 saturated heterocycles. The molecule has 3 N–H and O–H groups in total. The molecule has 2 aromatic carbocycles. The van der Waals surface area contributed by atoms with Gasteiger partial charge in [0.25, 0.3) is 0 Å². The Morgan fingerprint density at radius 2 is 1.68 bits per heavy atom. The Morgan fingerprint density at radius 3 is 2.32 bits per heavy atom. The Hall–Kier alpha value is -3.16. The van der Waals surface area contributed by atoms with Gasteiger partial charge in [0.1, 0.15) is 5.75 Å². The molecule has 0 fully saturated rings. The van der Waals surface area contributed by atoms with E-state index in [4.69, 9.17) is 0 Å². The minimum absolute atomic E-state index is 0.0558. The highest BCUT2D eigenvalue weighted by atomic mass is 19.3. The lowest BCUT2D eigenvalue weighted by Gasteiger charge is -2.12. The topological polar surface area (TPSA) is 79.5 Å². The third kappa shape index (κ3) is 7.22. The van der Waals surface area contributed by atoms with Gasteiger partial charge in [-0.15, -0.1) is 0 Å². The molecule has 150 valence electrons. The Labute approximate surface area is 162 Å². The van der Waals surface area contributed by atoms with Crippen molar-refractivity contribution >= 4 is 23.2 Å². The number of halogens is 2. The maximum Gasteiger partial charge on any atom is 0.387 e. The zero-order chi connectivity index (χ0) is 20.5. The van der Waals surface area contributed by atoms with Crippen molar-refractivity contribution in [1.29, 1.82) is 0 Å². The van der Waals surface area contributed by atoms with Gasteiger partial charge in [0.15, 0.2) is 0 Å². The Balaban J connectivity index is 1.85. The number of hydrogen-bond acceptors (Lipinski definition) is 4. The quantitative estimate of drug-likeness (QED) is 0.612. The summed E-state index contributed by atoms with van der Waals surface area (Å²) in [5, 5.41) is 8.29. The molecule has 0 atom stereocenters. The molecule has 2 amide bonds. The molecule has 0 aromatic heterocycles. The fourth-order valence-corrected chi connectivity index (χ4v) is 2.44. The summed E-state index contributed by atoms with van der Waals surface area (Å²) >= 11 is 0. The van der Waals surface area contributed by atoms with Gasteiger partial charge in [-0.1, -0.05) is 24.3 Å². The molecule has 2 rings (SSSR count). The van der Waals surface area contributed by atoms with Crippen LogP contribution in [0.15, 0.2) is 48.5 Å². The number of alkyl halides is 2. The van der Waals surface area contributed by atoms with Gasteiger partial charge in [0, 0.05) is 11.7 Å². The van der Waals surface area contributed by atoms with E-state index in [1.165, 1.54) is 18.2 Å². The molecule has 0 aliphatic rings. The lowest BCUT2D eigenvalue weighted by atomic mass is 10.1. The van der Waals surface area contributed by atoms with E-state index in [1.807, 2.05) is 13.8 Å². The number of para-hydroxylation sites is 2. The summed E-state index contributed by atoms with van der Waals surface area (Å²) in [4.78, 5) is 23.8. The van der Waals surface area contributed by atoms with Gasteiger partial charge in [-0.05, 0) is 43.7 Å². The largest absolute Gasteiger partial charge is 0.433 e. The van der Waals surface area contributed by atoms with Crippen molar-refractivity contribution in [3.8, 4) is 5.75 Å². The zero-order valence-electron chi connectivity index (χ0n) is 15.7. The van der Waals surface area contributed by atoms with Crippen LogP contribution in [0, 0.1) is 0 Å². The number of carbonyl (C=O) groups is 2. The van der Waals surface area contributed by atoms with Crippen molar-refractivity contribution in [3.63, 3.8) is 0 Å². The van der Waals surface area contributed by atoms with Gasteiger partial charge in [-0.25, -0.2) is 0 Å². The van der Waals surface area contributed by atoms with Crippen LogP contribution in [0.25, 0.3) is 0 Å². The number of carbonyl (C=O) groups excluding carboxylic acids is 2. The molecule has 0 unspecified atom stereocenters. The molecule has 0 radical (unpaired) electrons. The number of amides is 2. The second-order valence-corrected chi connectivity index (χ2v) is 6.37. The van der Waals surface area contributed by atoms with Gasteiger partial charge in [-0.3, -0.25) is 9.59 Å². The summed E-state index contributed by atoms with van der Waals surface area (Å²) in [5.41, 5.74) is 1.72. The molecule has 0 aliphatic carbocycles. The summed E-state index contributed by atoms with van der Waals surface area (Å²) in [7, 11) is 0. The third-order valence-electron chi connectivity index (χ3n) is 3.60. The molecule has 8 heteroatoms. The first-order valence-corrected chi connectivity index (χ1v) is 8.79. The minimum Gasteiger partial charge on any atom is -0.433 e. The number of rotatable bonds is 9. The fraction of sp³-hybridized carbons (Fsp3) is 0.300. The van der Waals surface area contributed by atoms with E-state index in [0.29, 0.717) is 5.69 Å². The molecule has 0 spiro atoms. The van der Waals surface area contributed by atoms with E-state index in [-0.39, 0.29) is 36.4 Å². The summed E-state index contributed by atoms with van der Waals surface area (Å²) in [6, 6.07) is 13.2. The predicted octanol–water partition coefficient (Wildman–Crippen LogP) is 3.41. The van der Waals surface area contributed by atoms with Gasteiger partial charge in [-0.2, -0.15) is 8.78 Å². The molecular weight excluding hydrogens is 368 g/mol. The zero-order valence-corrected chi connectivity index (χ0v) is 15.7. The standard InChI is InChI=1S/C20H23F2N3O3/c1-13(2)24-18(26)11-14-7-9-15(10-8-14)23-12-19(27)25-16-5-3-4-6-17(16)28-20(21)22/h3-10,13,20,23H,11-12H2,1-2H3,(H,24,26)(H,25,27). The van der Waals surface area contributed by atoms with Gasteiger partial charge in [0.2, 0.25) is 11.8 Å². The second-order valence-electron chi connectivity index (χ2n) is 6.37. The predicted molar refractivity (Wildman–Crippen MR) is 104 cm³/mol. The lowest BCUT2D eigenvalue weighted by Crippen LogP contribution is -2.31. The van der Waals surface area contributed by atoms with Crippen LogP contribution >= 0.6 is 0 Å². The number of anilines is 2. The van der Waals surface area contributed by atoms with Crippen LogP contribution in [0.4, 0.5) is 20.2 Å². The fourth-order valence-electron chi connectivity index (χ4n) is 2.44. The van der Waals surface area contributed by atoms with Crippen molar-refractivity contribution in [2.45, 2.75) is 32.9 Å². The van der Waals surface area contributed by atoms with E-state index < -0.39 is 12.5 Å². The Morgan fingerprint density at radius 1 is 1.00 bits per heavy atom.